The van der Waals surface area contributed by atoms with Gasteiger partial charge >= 0.3 is 6.09 Å². The lowest BCUT2D eigenvalue weighted by molar-refractivity contribution is 0.0288. The number of carbonyl (C=O) groups is 2. The maximum absolute atomic E-state index is 12.1. The van der Waals surface area contributed by atoms with Crippen LogP contribution < -0.4 is 5.32 Å². The molecule has 0 aromatic heterocycles. The van der Waals surface area contributed by atoms with Gasteiger partial charge in [0.2, 0.25) is 0 Å². The zero-order valence-electron chi connectivity index (χ0n) is 14.4. The van der Waals surface area contributed by atoms with Crippen molar-refractivity contribution in [1.82, 2.24) is 10.2 Å². The van der Waals surface area contributed by atoms with Gasteiger partial charge in [-0.15, -0.1) is 0 Å². The lowest BCUT2D eigenvalue weighted by Crippen LogP contribution is -2.36. The molecule has 1 heterocycles. The van der Waals surface area contributed by atoms with Crippen LogP contribution in [0, 0.1) is 12.8 Å². The van der Waals surface area contributed by atoms with Crippen LogP contribution in [0.25, 0.3) is 0 Å². The van der Waals surface area contributed by atoms with Gasteiger partial charge in [0, 0.05) is 25.2 Å². The molecule has 126 valence electrons. The van der Waals surface area contributed by atoms with Crippen LogP contribution in [0.4, 0.5) is 4.79 Å². The molecular formula is C18H26N2O3. The highest BCUT2D eigenvalue weighted by Crippen LogP contribution is 2.19. The number of aryl methyl sites for hydroxylation is 1. The van der Waals surface area contributed by atoms with Crippen molar-refractivity contribution in [3.8, 4) is 0 Å². The van der Waals surface area contributed by atoms with Gasteiger partial charge in [0.1, 0.15) is 5.60 Å². The number of carbonyl (C=O) groups excluding carboxylic acids is 2. The van der Waals surface area contributed by atoms with Crippen LogP contribution in [0.1, 0.15) is 43.1 Å². The summed E-state index contributed by atoms with van der Waals surface area (Å²) >= 11 is 0. The molecule has 0 bridgehead atoms. The third-order valence-corrected chi connectivity index (χ3v) is 3.77. The minimum atomic E-state index is -0.478. The summed E-state index contributed by atoms with van der Waals surface area (Å²) < 4.78 is 5.38. The number of nitrogens with one attached hydrogen (secondary N) is 1. The summed E-state index contributed by atoms with van der Waals surface area (Å²) in [5.74, 6) is 0.209. The van der Waals surface area contributed by atoms with Crippen molar-refractivity contribution >= 4 is 12.0 Å². The quantitative estimate of drug-likeness (QED) is 0.932. The second-order valence-corrected chi connectivity index (χ2v) is 7.16. The Morgan fingerprint density at radius 1 is 1.35 bits per heavy atom. The van der Waals surface area contributed by atoms with Crippen LogP contribution in [-0.4, -0.2) is 42.1 Å². The number of amides is 2. The maximum Gasteiger partial charge on any atom is 0.410 e. The molecule has 1 aromatic carbocycles. The van der Waals surface area contributed by atoms with Crippen molar-refractivity contribution in [3.05, 3.63) is 35.4 Å². The number of benzene rings is 1. The van der Waals surface area contributed by atoms with Gasteiger partial charge in [-0.05, 0) is 52.2 Å². The van der Waals surface area contributed by atoms with Crippen LogP contribution >= 0.6 is 0 Å². The Kier molecular flexibility index (Phi) is 5.29. The van der Waals surface area contributed by atoms with Crippen LogP contribution in [0.3, 0.4) is 0 Å². The molecule has 1 N–H and O–H groups in total. The summed E-state index contributed by atoms with van der Waals surface area (Å²) in [5.41, 5.74) is 1.26. The molecule has 1 aromatic rings. The van der Waals surface area contributed by atoms with Gasteiger partial charge in [0.05, 0.1) is 0 Å². The number of hydrogen-bond acceptors (Lipinski definition) is 3. The Hall–Kier alpha value is -2.04. The SMILES string of the molecule is Cc1cccc(C(=O)NCC2CCN(C(=O)OC(C)(C)C)C2)c1. The summed E-state index contributed by atoms with van der Waals surface area (Å²) in [5, 5.41) is 2.96. The second kappa shape index (κ2) is 7.02. The maximum atomic E-state index is 12.1. The van der Waals surface area contributed by atoms with Crippen LogP contribution in [0.2, 0.25) is 0 Å². The molecule has 1 fully saturated rings. The predicted octanol–water partition coefficient (Wildman–Crippen LogP) is 2.98. The first-order chi connectivity index (χ1) is 10.7. The molecular weight excluding hydrogens is 292 g/mol. The summed E-state index contributed by atoms with van der Waals surface area (Å²) in [7, 11) is 0. The Bertz CT molecular complexity index is 578. The van der Waals surface area contributed by atoms with E-state index in [0.29, 0.717) is 25.2 Å². The largest absolute Gasteiger partial charge is 0.444 e. The first-order valence-electron chi connectivity index (χ1n) is 8.07. The summed E-state index contributed by atoms with van der Waals surface area (Å²) in [6.45, 7) is 9.43. The van der Waals surface area contributed by atoms with E-state index in [0.717, 1.165) is 12.0 Å². The van der Waals surface area contributed by atoms with Crippen LogP contribution in [0.5, 0.6) is 0 Å². The molecule has 0 aliphatic carbocycles. The first-order valence-corrected chi connectivity index (χ1v) is 8.07. The van der Waals surface area contributed by atoms with Gasteiger partial charge in [0.15, 0.2) is 0 Å². The predicted molar refractivity (Wildman–Crippen MR) is 89.4 cm³/mol. The second-order valence-electron chi connectivity index (χ2n) is 7.16. The van der Waals surface area contributed by atoms with Gasteiger partial charge in [-0.1, -0.05) is 17.7 Å². The third-order valence-electron chi connectivity index (χ3n) is 3.77. The van der Waals surface area contributed by atoms with E-state index in [-0.39, 0.29) is 17.9 Å². The molecule has 5 heteroatoms. The minimum Gasteiger partial charge on any atom is -0.444 e. The van der Waals surface area contributed by atoms with E-state index in [2.05, 4.69) is 5.32 Å². The normalized spacial score (nSPS) is 17.9. The smallest absolute Gasteiger partial charge is 0.410 e. The van der Waals surface area contributed by atoms with Gasteiger partial charge < -0.3 is 15.0 Å². The van der Waals surface area contributed by atoms with Crippen molar-refractivity contribution in [1.29, 1.82) is 0 Å². The molecule has 0 radical (unpaired) electrons. The summed E-state index contributed by atoms with van der Waals surface area (Å²) in [4.78, 5) is 25.9. The van der Waals surface area contributed by atoms with Crippen LogP contribution in [0.15, 0.2) is 24.3 Å². The van der Waals surface area contributed by atoms with Gasteiger partial charge in [-0.2, -0.15) is 0 Å². The van der Waals surface area contributed by atoms with Crippen molar-refractivity contribution in [3.63, 3.8) is 0 Å². The van der Waals surface area contributed by atoms with E-state index < -0.39 is 5.60 Å². The molecule has 0 saturated carbocycles. The first kappa shape index (κ1) is 17.3. The standard InChI is InChI=1S/C18H26N2O3/c1-13-6-5-7-15(10-13)16(21)19-11-14-8-9-20(12-14)17(22)23-18(2,3)4/h5-7,10,14H,8-9,11-12H2,1-4H3,(H,19,21). The lowest BCUT2D eigenvalue weighted by atomic mass is 10.1. The molecule has 1 aliphatic rings. The Balaban J connectivity index is 1.80. The van der Waals surface area contributed by atoms with Crippen molar-refractivity contribution in [2.24, 2.45) is 5.92 Å². The fourth-order valence-electron chi connectivity index (χ4n) is 2.62. The van der Waals surface area contributed by atoms with E-state index >= 15 is 0 Å². The Morgan fingerprint density at radius 3 is 2.74 bits per heavy atom. The summed E-state index contributed by atoms with van der Waals surface area (Å²) in [6.07, 6.45) is 0.609. The zero-order chi connectivity index (χ0) is 17.0. The third kappa shape index (κ3) is 5.27. The number of rotatable bonds is 3. The topological polar surface area (TPSA) is 58.6 Å². The molecule has 2 amide bonds. The minimum absolute atomic E-state index is 0.0654. The number of hydrogen-bond donors (Lipinski definition) is 1. The van der Waals surface area contributed by atoms with E-state index in [1.807, 2.05) is 52.0 Å². The molecule has 1 saturated heterocycles. The van der Waals surface area contributed by atoms with E-state index in [1.165, 1.54) is 0 Å². The van der Waals surface area contributed by atoms with Gasteiger partial charge in [-0.25, -0.2) is 4.79 Å². The Morgan fingerprint density at radius 2 is 2.09 bits per heavy atom. The van der Waals surface area contributed by atoms with Crippen LogP contribution in [-0.2, 0) is 4.74 Å². The highest BCUT2D eigenvalue weighted by atomic mass is 16.6. The van der Waals surface area contributed by atoms with Crippen molar-refractivity contribution < 1.29 is 14.3 Å². The lowest BCUT2D eigenvalue weighted by Gasteiger charge is -2.24. The average Bonchev–Trinajstić information content (AvgIpc) is 2.92. The molecule has 0 spiro atoms. The molecule has 2 rings (SSSR count). The molecule has 1 unspecified atom stereocenters. The number of likely N-dealkylation sites (tertiary alicyclic amines) is 1. The Labute approximate surface area is 138 Å². The average molecular weight is 318 g/mol. The van der Waals surface area contributed by atoms with Gasteiger partial charge in [0.25, 0.3) is 5.91 Å². The number of nitrogens with zero attached hydrogens (tertiary/aromatic N) is 1. The summed E-state index contributed by atoms with van der Waals surface area (Å²) in [6, 6.07) is 7.53. The highest BCUT2D eigenvalue weighted by Gasteiger charge is 2.29. The molecule has 5 nitrogen and oxygen atoms in total. The zero-order valence-corrected chi connectivity index (χ0v) is 14.4. The van der Waals surface area contributed by atoms with E-state index in [1.54, 1.807) is 4.90 Å². The number of ether oxygens (including phenoxy) is 1. The highest BCUT2D eigenvalue weighted by molar-refractivity contribution is 5.94. The molecule has 1 atom stereocenters. The fraction of sp³-hybridized carbons (Fsp3) is 0.556. The van der Waals surface area contributed by atoms with E-state index in [4.69, 9.17) is 4.74 Å². The monoisotopic (exact) mass is 318 g/mol. The molecule has 23 heavy (non-hydrogen) atoms. The molecule has 1 aliphatic heterocycles. The fourth-order valence-corrected chi connectivity index (χ4v) is 2.62. The van der Waals surface area contributed by atoms with E-state index in [9.17, 15) is 9.59 Å². The van der Waals surface area contributed by atoms with Crippen molar-refractivity contribution in [2.45, 2.75) is 39.7 Å². The van der Waals surface area contributed by atoms with Crippen molar-refractivity contribution in [2.75, 3.05) is 19.6 Å². The van der Waals surface area contributed by atoms with Gasteiger partial charge in [-0.3, -0.25) is 4.79 Å².